The van der Waals surface area contributed by atoms with Crippen LogP contribution in [0.1, 0.15) is 12.0 Å². The van der Waals surface area contributed by atoms with E-state index in [-0.39, 0.29) is 5.91 Å². The molecule has 0 spiro atoms. The first-order valence-electron chi connectivity index (χ1n) is 5.81. The topological polar surface area (TPSA) is 47.3 Å². The van der Waals surface area contributed by atoms with Crippen molar-refractivity contribution >= 4 is 27.5 Å². The molecule has 1 aliphatic rings. The molecule has 0 N–H and O–H groups in total. The molecule has 0 saturated carbocycles. The second-order valence-electron chi connectivity index (χ2n) is 4.34. The van der Waals surface area contributed by atoms with Gasteiger partial charge in [0.1, 0.15) is 6.07 Å². The molecule has 18 heavy (non-hydrogen) atoms. The summed E-state index contributed by atoms with van der Waals surface area (Å²) in [6.07, 6.45) is 0.916. The fraction of sp³-hybridized carbons (Fsp3) is 0.385. The van der Waals surface area contributed by atoms with Gasteiger partial charge in [-0.25, -0.2) is 0 Å². The van der Waals surface area contributed by atoms with E-state index in [4.69, 9.17) is 0 Å². The highest BCUT2D eigenvalue weighted by atomic mass is 79.9. The third kappa shape index (κ3) is 2.49. The molecule has 1 aromatic carbocycles. The van der Waals surface area contributed by atoms with Gasteiger partial charge in [0.05, 0.1) is 17.8 Å². The first-order valence-corrected chi connectivity index (χ1v) is 6.60. The maximum Gasteiger partial charge on any atom is 0.241 e. The summed E-state index contributed by atoms with van der Waals surface area (Å²) in [5, 5.41) is 9.22. The van der Waals surface area contributed by atoms with Crippen molar-refractivity contribution in [3.8, 4) is 6.07 Å². The van der Waals surface area contributed by atoms with Gasteiger partial charge in [-0.3, -0.25) is 4.79 Å². The van der Waals surface area contributed by atoms with E-state index in [1.165, 1.54) is 0 Å². The molecule has 1 fully saturated rings. The molecule has 4 nitrogen and oxygen atoms in total. The van der Waals surface area contributed by atoms with Crippen LogP contribution in [0.3, 0.4) is 0 Å². The maximum absolute atomic E-state index is 11.9. The van der Waals surface area contributed by atoms with Crippen LogP contribution in [-0.4, -0.2) is 37.5 Å². The summed E-state index contributed by atoms with van der Waals surface area (Å²) < 4.78 is 0.771. The average molecular weight is 308 g/mol. The summed E-state index contributed by atoms with van der Waals surface area (Å²) in [5.74, 6) is 0.0939. The molecular weight excluding hydrogens is 294 g/mol. The Balaban J connectivity index is 2.34. The number of anilines is 1. The zero-order valence-corrected chi connectivity index (χ0v) is 11.8. The van der Waals surface area contributed by atoms with Crippen LogP contribution in [0, 0.1) is 11.3 Å². The van der Waals surface area contributed by atoms with Crippen LogP contribution in [0.5, 0.6) is 0 Å². The Labute approximate surface area is 115 Å². The zero-order chi connectivity index (χ0) is 13.1. The van der Waals surface area contributed by atoms with E-state index in [1.54, 1.807) is 4.90 Å². The summed E-state index contributed by atoms with van der Waals surface area (Å²) in [6, 6.07) is 7.81. The minimum atomic E-state index is 0.0939. The van der Waals surface area contributed by atoms with Crippen molar-refractivity contribution in [3.63, 3.8) is 0 Å². The number of amides is 1. The summed E-state index contributed by atoms with van der Waals surface area (Å²) in [6.45, 7) is 1.90. The largest absolute Gasteiger partial charge is 0.361 e. The van der Waals surface area contributed by atoms with Gasteiger partial charge in [0.15, 0.2) is 0 Å². The number of hydrogen-bond donors (Lipinski definition) is 0. The van der Waals surface area contributed by atoms with Crippen molar-refractivity contribution in [2.24, 2.45) is 0 Å². The fourth-order valence-electron chi connectivity index (χ4n) is 2.08. The second-order valence-corrected chi connectivity index (χ2v) is 5.19. The Morgan fingerprint density at radius 2 is 2.17 bits per heavy atom. The molecular formula is C13H14BrN3O. The number of halogens is 1. The number of carbonyl (C=O) groups excluding carboxylic acids is 1. The number of nitriles is 1. The van der Waals surface area contributed by atoms with Gasteiger partial charge in [-0.15, -0.1) is 0 Å². The normalized spacial score (nSPS) is 16.4. The number of benzene rings is 1. The van der Waals surface area contributed by atoms with Crippen LogP contribution in [0.4, 0.5) is 5.69 Å². The first-order chi connectivity index (χ1) is 8.63. The van der Waals surface area contributed by atoms with Gasteiger partial charge in [-0.1, -0.05) is 6.07 Å². The number of hydrogen-bond acceptors (Lipinski definition) is 3. The Kier molecular flexibility index (Phi) is 3.87. The van der Waals surface area contributed by atoms with Crippen LogP contribution in [0.2, 0.25) is 0 Å². The van der Waals surface area contributed by atoms with E-state index in [1.807, 2.05) is 30.1 Å². The second kappa shape index (κ2) is 5.40. The Bertz CT molecular complexity index is 509. The zero-order valence-electron chi connectivity index (χ0n) is 10.2. The highest BCUT2D eigenvalue weighted by molar-refractivity contribution is 9.10. The van der Waals surface area contributed by atoms with E-state index < -0.39 is 0 Å². The van der Waals surface area contributed by atoms with Crippen LogP contribution >= 0.6 is 15.9 Å². The molecule has 0 unspecified atom stereocenters. The number of rotatable bonds is 1. The van der Waals surface area contributed by atoms with E-state index in [0.29, 0.717) is 12.1 Å². The molecule has 5 heteroatoms. The molecule has 0 atom stereocenters. The van der Waals surface area contributed by atoms with E-state index in [2.05, 4.69) is 22.0 Å². The van der Waals surface area contributed by atoms with Gasteiger partial charge in [0, 0.05) is 24.6 Å². The molecule has 1 heterocycles. The minimum absolute atomic E-state index is 0.0939. The quantitative estimate of drug-likeness (QED) is 0.797. The average Bonchev–Trinajstić information content (AvgIpc) is 2.52. The molecule has 1 aromatic rings. The number of carbonyl (C=O) groups is 1. The van der Waals surface area contributed by atoms with Crippen molar-refractivity contribution < 1.29 is 4.79 Å². The van der Waals surface area contributed by atoms with Gasteiger partial charge < -0.3 is 9.80 Å². The third-order valence-electron chi connectivity index (χ3n) is 3.12. The highest BCUT2D eigenvalue weighted by Crippen LogP contribution is 2.27. The van der Waals surface area contributed by atoms with Crippen LogP contribution in [0.15, 0.2) is 22.7 Å². The standard InChI is InChI=1S/C13H14BrN3O/c1-16-6-3-7-17(9-13(16)18)12-5-2-4-11(14)10(12)8-15/h2,4-5H,3,6-7,9H2,1H3. The highest BCUT2D eigenvalue weighted by Gasteiger charge is 2.21. The van der Waals surface area contributed by atoms with E-state index in [0.717, 1.165) is 29.7 Å². The van der Waals surface area contributed by atoms with Gasteiger partial charge in [0.25, 0.3) is 0 Å². The molecule has 1 amide bonds. The molecule has 0 aromatic heterocycles. The third-order valence-corrected chi connectivity index (χ3v) is 3.78. The lowest BCUT2D eigenvalue weighted by Crippen LogP contribution is -2.34. The maximum atomic E-state index is 11.9. The van der Waals surface area contributed by atoms with E-state index >= 15 is 0 Å². The van der Waals surface area contributed by atoms with Gasteiger partial charge in [-0.05, 0) is 34.5 Å². The first kappa shape index (κ1) is 12.9. The fourth-order valence-corrected chi connectivity index (χ4v) is 2.52. The van der Waals surface area contributed by atoms with Crippen LogP contribution in [0.25, 0.3) is 0 Å². The van der Waals surface area contributed by atoms with Crippen molar-refractivity contribution in [1.29, 1.82) is 5.26 Å². The van der Waals surface area contributed by atoms with Gasteiger partial charge in [0.2, 0.25) is 5.91 Å². The predicted molar refractivity (Wildman–Crippen MR) is 73.3 cm³/mol. The van der Waals surface area contributed by atoms with Crippen molar-refractivity contribution in [2.45, 2.75) is 6.42 Å². The Hall–Kier alpha value is -1.54. The number of nitrogens with zero attached hydrogens (tertiary/aromatic N) is 3. The molecule has 0 bridgehead atoms. The van der Waals surface area contributed by atoms with Crippen LogP contribution in [-0.2, 0) is 4.79 Å². The summed E-state index contributed by atoms with van der Waals surface area (Å²) in [5.41, 5.74) is 1.42. The predicted octanol–water partition coefficient (Wildman–Crippen LogP) is 1.99. The van der Waals surface area contributed by atoms with Crippen molar-refractivity contribution in [3.05, 3.63) is 28.2 Å². The lowest BCUT2D eigenvalue weighted by Gasteiger charge is -2.23. The smallest absolute Gasteiger partial charge is 0.241 e. The summed E-state index contributed by atoms with van der Waals surface area (Å²) >= 11 is 3.38. The Morgan fingerprint density at radius 1 is 1.39 bits per heavy atom. The lowest BCUT2D eigenvalue weighted by atomic mass is 10.1. The van der Waals surface area contributed by atoms with Gasteiger partial charge in [-0.2, -0.15) is 5.26 Å². The molecule has 1 aliphatic heterocycles. The molecule has 94 valence electrons. The number of likely N-dealkylation sites (N-methyl/N-ethyl adjacent to an activating group) is 1. The summed E-state index contributed by atoms with van der Waals surface area (Å²) in [7, 11) is 1.82. The minimum Gasteiger partial charge on any atom is -0.361 e. The monoisotopic (exact) mass is 307 g/mol. The lowest BCUT2D eigenvalue weighted by molar-refractivity contribution is -0.127. The molecule has 0 radical (unpaired) electrons. The molecule has 2 rings (SSSR count). The van der Waals surface area contributed by atoms with Crippen molar-refractivity contribution in [2.75, 3.05) is 31.6 Å². The SMILES string of the molecule is CN1CCCN(c2cccc(Br)c2C#N)CC1=O. The van der Waals surface area contributed by atoms with E-state index in [9.17, 15) is 10.1 Å². The summed E-state index contributed by atoms with van der Waals surface area (Å²) in [4.78, 5) is 15.6. The van der Waals surface area contributed by atoms with Crippen molar-refractivity contribution in [1.82, 2.24) is 4.90 Å². The molecule has 1 saturated heterocycles. The Morgan fingerprint density at radius 3 is 2.89 bits per heavy atom. The van der Waals surface area contributed by atoms with Crippen LogP contribution < -0.4 is 4.90 Å². The molecule has 0 aliphatic carbocycles. The van der Waals surface area contributed by atoms with Gasteiger partial charge >= 0.3 is 0 Å².